The average Bonchev–Trinajstić information content (AvgIpc) is 2.60. The lowest BCUT2D eigenvalue weighted by atomic mass is 10.1. The van der Waals surface area contributed by atoms with Gasteiger partial charge in [-0.1, -0.05) is 93.2 Å². The quantitative estimate of drug-likeness (QED) is 0.342. The highest BCUT2D eigenvalue weighted by Crippen LogP contribution is 2.03. The maximum Gasteiger partial charge on any atom is 0.0986 e. The van der Waals surface area contributed by atoms with E-state index in [0.717, 1.165) is 19.3 Å². The molecule has 25 heavy (non-hydrogen) atoms. The van der Waals surface area contributed by atoms with Crippen molar-refractivity contribution < 1.29 is 15.3 Å². The highest BCUT2D eigenvalue weighted by atomic mass is 16.3. The zero-order valence-electron chi connectivity index (χ0n) is 15.5. The number of aliphatic hydroxyl groups excluding tert-OH is 3. The van der Waals surface area contributed by atoms with Crippen molar-refractivity contribution in [3.8, 4) is 0 Å². The minimum Gasteiger partial charge on any atom is -0.390 e. The van der Waals surface area contributed by atoms with Gasteiger partial charge in [0.2, 0.25) is 0 Å². The lowest BCUT2D eigenvalue weighted by molar-refractivity contribution is 0.0511. The molecule has 0 amide bonds. The number of rotatable bonds is 13. The Balaban J connectivity index is 4.03. The molecular weight excluding hydrogens is 312 g/mol. The SMILES string of the molecule is CC/C=C\C[C@H](O)[C@H](O)/C=C/C=C/C=C\C=C\[C@@H](O)C/C=C\CCC. The van der Waals surface area contributed by atoms with Crippen LogP contribution in [0.3, 0.4) is 0 Å². The molecule has 0 radical (unpaired) electrons. The first-order chi connectivity index (χ1) is 12.1. The van der Waals surface area contributed by atoms with Crippen LogP contribution >= 0.6 is 0 Å². The second-order valence-corrected chi connectivity index (χ2v) is 5.78. The van der Waals surface area contributed by atoms with Crippen molar-refractivity contribution in [3.05, 3.63) is 72.9 Å². The molecule has 140 valence electrons. The fourth-order valence-electron chi connectivity index (χ4n) is 1.90. The van der Waals surface area contributed by atoms with Crippen LogP contribution in [0.1, 0.15) is 46.0 Å². The second-order valence-electron chi connectivity index (χ2n) is 5.78. The van der Waals surface area contributed by atoms with Gasteiger partial charge < -0.3 is 15.3 Å². The van der Waals surface area contributed by atoms with Crippen molar-refractivity contribution in [2.24, 2.45) is 0 Å². The zero-order valence-corrected chi connectivity index (χ0v) is 15.5. The summed E-state index contributed by atoms with van der Waals surface area (Å²) in [5.74, 6) is 0. The van der Waals surface area contributed by atoms with Crippen molar-refractivity contribution in [2.75, 3.05) is 0 Å². The molecule has 3 heteroatoms. The Kier molecular flexibility index (Phi) is 16.0. The first kappa shape index (κ1) is 23.3. The molecule has 3 atom stereocenters. The van der Waals surface area contributed by atoms with Crippen LogP contribution in [0.15, 0.2) is 72.9 Å². The van der Waals surface area contributed by atoms with Crippen LogP contribution in [0.4, 0.5) is 0 Å². The standard InChI is InChI=1S/C22H34O3/c1-3-5-7-13-16-20(23)17-14-10-8-9-11-15-19-22(25)21(24)18-12-6-4-2/h6-15,17,19-25H,3-5,16,18H2,1-2H3/b10-8-,11-9+,12-6-,13-7-,17-14+,19-15+/t20-,21-,22+/m0/s1. The molecule has 0 aliphatic carbocycles. The van der Waals surface area contributed by atoms with E-state index in [1.165, 1.54) is 0 Å². The molecule has 0 bridgehead atoms. The summed E-state index contributed by atoms with van der Waals surface area (Å²) in [6.07, 6.45) is 24.1. The Bertz CT molecular complexity index is 470. The van der Waals surface area contributed by atoms with E-state index in [2.05, 4.69) is 13.0 Å². The van der Waals surface area contributed by atoms with E-state index in [4.69, 9.17) is 0 Å². The van der Waals surface area contributed by atoms with E-state index in [1.54, 1.807) is 24.3 Å². The molecule has 0 aliphatic heterocycles. The fourth-order valence-corrected chi connectivity index (χ4v) is 1.90. The molecule has 3 N–H and O–H groups in total. The van der Waals surface area contributed by atoms with Crippen LogP contribution < -0.4 is 0 Å². The molecule has 0 fully saturated rings. The van der Waals surface area contributed by atoms with Gasteiger partial charge in [-0.2, -0.15) is 0 Å². The summed E-state index contributed by atoms with van der Waals surface area (Å²) in [6, 6.07) is 0. The minimum atomic E-state index is -0.869. The summed E-state index contributed by atoms with van der Waals surface area (Å²) >= 11 is 0. The van der Waals surface area contributed by atoms with Crippen LogP contribution in [0.2, 0.25) is 0 Å². The number of allylic oxidation sites excluding steroid dienone is 8. The van der Waals surface area contributed by atoms with Gasteiger partial charge in [0, 0.05) is 0 Å². The molecule has 3 nitrogen and oxygen atoms in total. The third-order valence-electron chi connectivity index (χ3n) is 3.37. The fraction of sp³-hybridized carbons (Fsp3) is 0.455. The molecule has 0 spiro atoms. The summed E-state index contributed by atoms with van der Waals surface area (Å²) < 4.78 is 0. The van der Waals surface area contributed by atoms with Crippen LogP contribution in [0, 0.1) is 0 Å². The van der Waals surface area contributed by atoms with Gasteiger partial charge in [0.1, 0.15) is 0 Å². The molecule has 0 heterocycles. The molecule has 0 aliphatic rings. The molecule has 0 saturated carbocycles. The van der Waals surface area contributed by atoms with Gasteiger partial charge in [-0.3, -0.25) is 0 Å². The van der Waals surface area contributed by atoms with Crippen LogP contribution in [-0.2, 0) is 0 Å². The molecule has 0 aromatic rings. The Morgan fingerprint density at radius 3 is 1.92 bits per heavy atom. The highest BCUT2D eigenvalue weighted by Gasteiger charge is 2.10. The van der Waals surface area contributed by atoms with E-state index in [9.17, 15) is 15.3 Å². The zero-order chi connectivity index (χ0) is 18.8. The Labute approximate surface area is 153 Å². The van der Waals surface area contributed by atoms with Gasteiger partial charge in [-0.05, 0) is 25.7 Å². The number of aliphatic hydroxyl groups is 3. The van der Waals surface area contributed by atoms with E-state index >= 15 is 0 Å². The van der Waals surface area contributed by atoms with Crippen molar-refractivity contribution in [3.63, 3.8) is 0 Å². The first-order valence-corrected chi connectivity index (χ1v) is 9.14. The number of hydrogen-bond acceptors (Lipinski definition) is 3. The van der Waals surface area contributed by atoms with Crippen molar-refractivity contribution in [1.29, 1.82) is 0 Å². The average molecular weight is 347 g/mol. The lowest BCUT2D eigenvalue weighted by Gasteiger charge is -2.11. The second kappa shape index (κ2) is 17.2. The molecule has 0 aromatic carbocycles. The van der Waals surface area contributed by atoms with Crippen molar-refractivity contribution in [1.82, 2.24) is 0 Å². The number of hydrogen-bond donors (Lipinski definition) is 3. The predicted molar refractivity (Wildman–Crippen MR) is 107 cm³/mol. The van der Waals surface area contributed by atoms with Gasteiger partial charge >= 0.3 is 0 Å². The Hall–Kier alpha value is -1.68. The van der Waals surface area contributed by atoms with Crippen LogP contribution in [0.5, 0.6) is 0 Å². The molecule has 0 saturated heterocycles. The van der Waals surface area contributed by atoms with Gasteiger partial charge in [-0.15, -0.1) is 0 Å². The van der Waals surface area contributed by atoms with E-state index < -0.39 is 18.3 Å². The monoisotopic (exact) mass is 346 g/mol. The molecule has 0 rings (SSSR count). The van der Waals surface area contributed by atoms with Crippen LogP contribution in [-0.4, -0.2) is 33.6 Å². The maximum atomic E-state index is 9.76. The van der Waals surface area contributed by atoms with E-state index in [1.807, 2.05) is 49.5 Å². The Morgan fingerprint density at radius 2 is 1.28 bits per heavy atom. The third kappa shape index (κ3) is 15.6. The van der Waals surface area contributed by atoms with Gasteiger partial charge in [0.25, 0.3) is 0 Å². The largest absolute Gasteiger partial charge is 0.390 e. The van der Waals surface area contributed by atoms with E-state index in [-0.39, 0.29) is 0 Å². The maximum absolute atomic E-state index is 9.76. The predicted octanol–water partition coefficient (Wildman–Crippen LogP) is 4.40. The topological polar surface area (TPSA) is 60.7 Å². The van der Waals surface area contributed by atoms with Gasteiger partial charge in [0.05, 0.1) is 18.3 Å². The first-order valence-electron chi connectivity index (χ1n) is 9.14. The summed E-state index contributed by atoms with van der Waals surface area (Å²) in [5.41, 5.74) is 0. The third-order valence-corrected chi connectivity index (χ3v) is 3.37. The number of unbranched alkanes of at least 4 members (excludes halogenated alkanes) is 1. The minimum absolute atomic E-state index is 0.448. The Morgan fingerprint density at radius 1 is 0.680 bits per heavy atom. The summed E-state index contributed by atoms with van der Waals surface area (Å²) in [7, 11) is 0. The van der Waals surface area contributed by atoms with Gasteiger partial charge in [0.15, 0.2) is 0 Å². The van der Waals surface area contributed by atoms with Crippen molar-refractivity contribution >= 4 is 0 Å². The summed E-state index contributed by atoms with van der Waals surface area (Å²) in [4.78, 5) is 0. The molecular formula is C22H34O3. The highest BCUT2D eigenvalue weighted by molar-refractivity contribution is 5.17. The van der Waals surface area contributed by atoms with Crippen molar-refractivity contribution in [2.45, 2.75) is 64.3 Å². The lowest BCUT2D eigenvalue weighted by Crippen LogP contribution is -2.22. The molecule has 0 unspecified atom stereocenters. The summed E-state index contributed by atoms with van der Waals surface area (Å²) in [6.45, 7) is 4.15. The van der Waals surface area contributed by atoms with E-state index in [0.29, 0.717) is 12.8 Å². The normalized spacial score (nSPS) is 17.2. The van der Waals surface area contributed by atoms with Crippen LogP contribution in [0.25, 0.3) is 0 Å². The summed E-state index contributed by atoms with van der Waals surface area (Å²) in [5, 5.41) is 29.2. The van der Waals surface area contributed by atoms with Gasteiger partial charge in [-0.25, -0.2) is 0 Å². The molecule has 0 aromatic heterocycles. The smallest absolute Gasteiger partial charge is 0.0986 e.